The second kappa shape index (κ2) is 12.1. The van der Waals surface area contributed by atoms with Gasteiger partial charge in [0.15, 0.2) is 0 Å². The molecular formula is C29H27Cl3N4O3S. The van der Waals surface area contributed by atoms with E-state index < -0.39 is 22.5 Å². The number of hydrogen-bond donors (Lipinski definition) is 1. The summed E-state index contributed by atoms with van der Waals surface area (Å²) in [4.78, 5) is 13.0. The lowest BCUT2D eigenvalue weighted by Crippen LogP contribution is -2.39. The van der Waals surface area contributed by atoms with Crippen LogP contribution < -0.4 is 9.73 Å². The molecule has 0 spiro atoms. The van der Waals surface area contributed by atoms with E-state index in [1.165, 1.54) is 24.4 Å². The molecule has 0 saturated heterocycles. The Bertz CT molecular complexity index is 1720. The SMILES string of the molecule is Cc1ccc(S(=O)(=O)N(CC(=O)N/N=C\c2cc(C)n(-c3cccc(Cl)c3Cl)c2C)c2ccc(C)c(Cl)c2)cc1. The quantitative estimate of drug-likeness (QED) is 0.170. The number of hydrogen-bond acceptors (Lipinski definition) is 4. The van der Waals surface area contributed by atoms with Crippen molar-refractivity contribution in [2.45, 2.75) is 32.6 Å². The molecule has 0 saturated carbocycles. The first kappa shape index (κ1) is 29.7. The zero-order chi connectivity index (χ0) is 29.2. The summed E-state index contributed by atoms with van der Waals surface area (Å²) in [6, 6.07) is 18.5. The van der Waals surface area contributed by atoms with Crippen molar-refractivity contribution in [2.75, 3.05) is 10.8 Å². The number of anilines is 1. The Morgan fingerprint density at radius 1 is 0.950 bits per heavy atom. The molecule has 0 radical (unpaired) electrons. The van der Waals surface area contributed by atoms with Crippen LogP contribution in [0.4, 0.5) is 5.69 Å². The van der Waals surface area contributed by atoms with Gasteiger partial charge in [-0.2, -0.15) is 5.10 Å². The highest BCUT2D eigenvalue weighted by Crippen LogP contribution is 2.31. The van der Waals surface area contributed by atoms with Crippen LogP contribution in [-0.2, 0) is 14.8 Å². The summed E-state index contributed by atoms with van der Waals surface area (Å²) >= 11 is 18.9. The topological polar surface area (TPSA) is 83.8 Å². The molecule has 4 aromatic rings. The van der Waals surface area contributed by atoms with Crippen LogP contribution in [-0.4, -0.2) is 31.7 Å². The molecule has 7 nitrogen and oxygen atoms in total. The number of sulfonamides is 1. The smallest absolute Gasteiger partial charge is 0.264 e. The van der Waals surface area contributed by atoms with Crippen LogP contribution in [0.1, 0.15) is 28.1 Å². The lowest BCUT2D eigenvalue weighted by atomic mass is 10.2. The Morgan fingerprint density at radius 3 is 2.33 bits per heavy atom. The van der Waals surface area contributed by atoms with E-state index in [4.69, 9.17) is 34.8 Å². The summed E-state index contributed by atoms with van der Waals surface area (Å²) in [6.45, 7) is 6.97. The van der Waals surface area contributed by atoms with E-state index in [-0.39, 0.29) is 10.6 Å². The predicted octanol–water partition coefficient (Wildman–Crippen LogP) is 7.02. The molecule has 0 atom stereocenters. The standard InChI is InChI=1S/C29H27Cl3N4O3S/c1-18-8-12-24(13-9-18)40(38,39)35(23-11-10-19(2)26(31)15-23)17-28(37)34-33-16-22-14-20(3)36(21(22)4)27-7-5-6-25(30)29(27)32/h5-16H,17H2,1-4H3,(H,34,37)/b33-16-. The number of nitrogens with one attached hydrogen (secondary N) is 1. The van der Waals surface area contributed by atoms with Gasteiger partial charge in [-0.1, -0.05) is 64.6 Å². The molecule has 0 unspecified atom stereocenters. The Labute approximate surface area is 249 Å². The van der Waals surface area contributed by atoms with Gasteiger partial charge in [0, 0.05) is 22.0 Å². The van der Waals surface area contributed by atoms with Crippen LogP contribution >= 0.6 is 34.8 Å². The van der Waals surface area contributed by atoms with Gasteiger partial charge in [-0.25, -0.2) is 13.8 Å². The van der Waals surface area contributed by atoms with Gasteiger partial charge in [-0.3, -0.25) is 9.10 Å². The van der Waals surface area contributed by atoms with Crippen molar-refractivity contribution in [3.8, 4) is 5.69 Å². The second-order valence-corrected chi connectivity index (χ2v) is 12.3. The number of aryl methyl sites for hydroxylation is 3. The van der Waals surface area contributed by atoms with Crippen LogP contribution in [0.25, 0.3) is 5.69 Å². The van der Waals surface area contributed by atoms with Gasteiger partial charge < -0.3 is 4.57 Å². The fraction of sp³-hybridized carbons (Fsp3) is 0.172. The van der Waals surface area contributed by atoms with Crippen LogP contribution in [0, 0.1) is 27.7 Å². The Balaban J connectivity index is 1.58. The van der Waals surface area contributed by atoms with Crippen LogP contribution in [0.5, 0.6) is 0 Å². The third-order valence-electron chi connectivity index (χ3n) is 6.37. The Kier molecular flexibility index (Phi) is 8.95. The highest BCUT2D eigenvalue weighted by Gasteiger charge is 2.27. The van der Waals surface area contributed by atoms with Crippen molar-refractivity contribution in [2.24, 2.45) is 5.10 Å². The molecule has 1 aromatic heterocycles. The molecule has 0 aliphatic carbocycles. The molecule has 40 heavy (non-hydrogen) atoms. The first-order valence-electron chi connectivity index (χ1n) is 12.2. The average Bonchev–Trinajstić information content (AvgIpc) is 3.18. The fourth-order valence-electron chi connectivity index (χ4n) is 4.18. The van der Waals surface area contributed by atoms with Crippen molar-refractivity contribution in [3.63, 3.8) is 0 Å². The molecule has 1 N–H and O–H groups in total. The summed E-state index contributed by atoms with van der Waals surface area (Å²) in [5.74, 6) is -0.629. The van der Waals surface area contributed by atoms with Gasteiger partial charge in [0.1, 0.15) is 6.54 Å². The number of amides is 1. The van der Waals surface area contributed by atoms with Gasteiger partial charge in [0.05, 0.1) is 32.5 Å². The molecule has 0 aliphatic rings. The Morgan fingerprint density at radius 2 is 1.65 bits per heavy atom. The van der Waals surface area contributed by atoms with Crippen molar-refractivity contribution < 1.29 is 13.2 Å². The number of hydrazone groups is 1. The minimum Gasteiger partial charge on any atom is -0.316 e. The molecule has 0 fully saturated rings. The van der Waals surface area contributed by atoms with E-state index in [9.17, 15) is 13.2 Å². The van der Waals surface area contributed by atoms with E-state index in [0.29, 0.717) is 15.1 Å². The largest absolute Gasteiger partial charge is 0.316 e. The second-order valence-electron chi connectivity index (χ2n) is 9.29. The monoisotopic (exact) mass is 616 g/mol. The molecule has 3 aromatic carbocycles. The lowest BCUT2D eigenvalue weighted by Gasteiger charge is -2.24. The lowest BCUT2D eigenvalue weighted by molar-refractivity contribution is -0.119. The number of carbonyl (C=O) groups is 1. The molecular weight excluding hydrogens is 591 g/mol. The zero-order valence-electron chi connectivity index (χ0n) is 22.2. The normalized spacial score (nSPS) is 11.7. The Hall–Kier alpha value is -3.30. The molecule has 1 amide bonds. The van der Waals surface area contributed by atoms with Crippen molar-refractivity contribution in [1.29, 1.82) is 0 Å². The number of aromatic nitrogens is 1. The maximum Gasteiger partial charge on any atom is 0.264 e. The summed E-state index contributed by atoms with van der Waals surface area (Å²) in [5.41, 5.74) is 7.58. The number of halogens is 3. The highest BCUT2D eigenvalue weighted by atomic mass is 35.5. The minimum absolute atomic E-state index is 0.0539. The third kappa shape index (κ3) is 6.20. The van der Waals surface area contributed by atoms with E-state index in [1.54, 1.807) is 30.3 Å². The minimum atomic E-state index is -4.08. The van der Waals surface area contributed by atoms with E-state index in [1.807, 2.05) is 50.5 Å². The fourth-order valence-corrected chi connectivity index (χ4v) is 6.15. The zero-order valence-corrected chi connectivity index (χ0v) is 25.3. The van der Waals surface area contributed by atoms with Gasteiger partial charge in [0.25, 0.3) is 15.9 Å². The summed E-state index contributed by atoms with van der Waals surface area (Å²) in [6.07, 6.45) is 1.50. The first-order chi connectivity index (χ1) is 18.9. The van der Waals surface area contributed by atoms with Crippen molar-refractivity contribution >= 4 is 62.6 Å². The van der Waals surface area contributed by atoms with Gasteiger partial charge in [-0.15, -0.1) is 0 Å². The average molecular weight is 618 g/mol. The van der Waals surface area contributed by atoms with Crippen molar-refractivity contribution in [3.05, 3.63) is 110 Å². The van der Waals surface area contributed by atoms with E-state index >= 15 is 0 Å². The number of carbonyl (C=O) groups excluding carboxylic acids is 1. The number of rotatable bonds is 8. The number of nitrogens with zero attached hydrogens (tertiary/aromatic N) is 3. The number of benzene rings is 3. The molecule has 208 valence electrons. The van der Waals surface area contributed by atoms with E-state index in [2.05, 4.69) is 10.5 Å². The molecule has 11 heteroatoms. The molecule has 4 rings (SSSR count). The van der Waals surface area contributed by atoms with Gasteiger partial charge >= 0.3 is 0 Å². The maximum atomic E-state index is 13.6. The molecule has 0 bridgehead atoms. The summed E-state index contributed by atoms with van der Waals surface area (Å²) in [5, 5.41) is 5.34. The van der Waals surface area contributed by atoms with Crippen LogP contribution in [0.3, 0.4) is 0 Å². The van der Waals surface area contributed by atoms with Gasteiger partial charge in [-0.05, 0) is 75.7 Å². The first-order valence-corrected chi connectivity index (χ1v) is 14.8. The molecule has 1 heterocycles. The van der Waals surface area contributed by atoms with Crippen LogP contribution in [0.2, 0.25) is 15.1 Å². The summed E-state index contributed by atoms with van der Waals surface area (Å²) in [7, 11) is -4.08. The predicted molar refractivity (Wildman–Crippen MR) is 163 cm³/mol. The highest BCUT2D eigenvalue weighted by molar-refractivity contribution is 7.92. The summed E-state index contributed by atoms with van der Waals surface area (Å²) < 4.78 is 30.1. The molecule has 0 aliphatic heterocycles. The maximum absolute atomic E-state index is 13.6. The van der Waals surface area contributed by atoms with Gasteiger partial charge in [0.2, 0.25) is 0 Å². The third-order valence-corrected chi connectivity index (χ3v) is 9.38. The van der Waals surface area contributed by atoms with Crippen LogP contribution in [0.15, 0.2) is 76.7 Å². The van der Waals surface area contributed by atoms with Crippen molar-refractivity contribution in [1.82, 2.24) is 9.99 Å². The van der Waals surface area contributed by atoms with E-state index in [0.717, 1.165) is 38.1 Å².